The summed E-state index contributed by atoms with van der Waals surface area (Å²) in [5.41, 5.74) is 6.08. The molecule has 3 heterocycles. The molecule has 1 unspecified atom stereocenters. The highest BCUT2D eigenvalue weighted by Gasteiger charge is 2.35. The van der Waals surface area contributed by atoms with Crippen LogP contribution in [0.15, 0.2) is 48.5 Å². The van der Waals surface area contributed by atoms with Crippen molar-refractivity contribution in [2.24, 2.45) is 0 Å². The summed E-state index contributed by atoms with van der Waals surface area (Å²) in [5.74, 6) is 0.196. The summed E-state index contributed by atoms with van der Waals surface area (Å²) in [5, 5.41) is 3.24. The van der Waals surface area contributed by atoms with Gasteiger partial charge in [0, 0.05) is 42.7 Å². The number of benzene rings is 2. The molecule has 0 saturated carbocycles. The summed E-state index contributed by atoms with van der Waals surface area (Å²) in [6.45, 7) is 5.22. The van der Waals surface area contributed by atoms with Crippen molar-refractivity contribution < 1.29 is 9.63 Å². The molecular formula is C25H29N3O2. The zero-order valence-corrected chi connectivity index (χ0v) is 17.6. The summed E-state index contributed by atoms with van der Waals surface area (Å²) in [7, 11) is 0. The van der Waals surface area contributed by atoms with Crippen LogP contribution < -0.4 is 0 Å². The monoisotopic (exact) mass is 403 g/mol. The number of amides is 1. The van der Waals surface area contributed by atoms with Gasteiger partial charge in [-0.3, -0.25) is 9.63 Å². The molecule has 2 aliphatic rings. The fraction of sp³-hybridized carbons (Fsp3) is 0.400. The van der Waals surface area contributed by atoms with Crippen LogP contribution in [0.5, 0.6) is 0 Å². The molecule has 5 heteroatoms. The van der Waals surface area contributed by atoms with E-state index < -0.39 is 0 Å². The maximum absolute atomic E-state index is 13.4. The predicted molar refractivity (Wildman–Crippen MR) is 118 cm³/mol. The van der Waals surface area contributed by atoms with E-state index in [9.17, 15) is 4.79 Å². The molecule has 5 rings (SSSR count). The average Bonchev–Trinajstić information content (AvgIpc) is 3.17. The number of carbonyl (C=O) groups is 1. The molecule has 156 valence electrons. The quantitative estimate of drug-likeness (QED) is 0.704. The number of fused-ring (bicyclic) bond motifs is 3. The normalized spacial score (nSPS) is 19.8. The zero-order chi connectivity index (χ0) is 20.5. The van der Waals surface area contributed by atoms with E-state index in [1.807, 2.05) is 5.06 Å². The fourth-order valence-corrected chi connectivity index (χ4v) is 4.92. The van der Waals surface area contributed by atoms with E-state index in [1.54, 1.807) is 0 Å². The molecule has 1 atom stereocenters. The Kier molecular flexibility index (Phi) is 5.32. The molecule has 1 saturated heterocycles. The third-order valence-corrected chi connectivity index (χ3v) is 6.49. The molecule has 2 aromatic carbocycles. The van der Waals surface area contributed by atoms with E-state index in [-0.39, 0.29) is 11.9 Å². The second-order valence-corrected chi connectivity index (χ2v) is 8.38. The van der Waals surface area contributed by atoms with Crippen LogP contribution in [0.4, 0.5) is 0 Å². The van der Waals surface area contributed by atoms with Gasteiger partial charge in [-0.05, 0) is 48.9 Å². The molecular weight excluding hydrogens is 374 g/mol. The van der Waals surface area contributed by atoms with E-state index in [4.69, 9.17) is 4.84 Å². The minimum atomic E-state index is -0.0721. The minimum absolute atomic E-state index is 0.0721. The number of carbonyl (C=O) groups excluding carboxylic acids is 1. The molecule has 0 radical (unpaired) electrons. The van der Waals surface area contributed by atoms with Gasteiger partial charge < -0.3 is 9.88 Å². The van der Waals surface area contributed by atoms with Gasteiger partial charge in [0.25, 0.3) is 0 Å². The maximum atomic E-state index is 13.4. The van der Waals surface area contributed by atoms with Crippen LogP contribution in [-0.2, 0) is 16.1 Å². The van der Waals surface area contributed by atoms with Crippen molar-refractivity contribution >= 4 is 16.8 Å². The van der Waals surface area contributed by atoms with Crippen molar-refractivity contribution in [3.8, 4) is 0 Å². The summed E-state index contributed by atoms with van der Waals surface area (Å²) in [4.78, 5) is 24.8. The Labute approximate surface area is 177 Å². The van der Waals surface area contributed by atoms with Crippen LogP contribution in [0.1, 0.15) is 47.7 Å². The third kappa shape index (κ3) is 3.53. The Balaban J connectivity index is 1.49. The van der Waals surface area contributed by atoms with Gasteiger partial charge in [0.15, 0.2) is 0 Å². The summed E-state index contributed by atoms with van der Waals surface area (Å²) < 4.78 is 0. The lowest BCUT2D eigenvalue weighted by Crippen LogP contribution is -2.42. The molecule has 1 aromatic heterocycles. The van der Waals surface area contributed by atoms with Crippen molar-refractivity contribution in [3.63, 3.8) is 0 Å². The van der Waals surface area contributed by atoms with Crippen LogP contribution in [-0.4, -0.2) is 47.1 Å². The van der Waals surface area contributed by atoms with E-state index in [2.05, 4.69) is 65.3 Å². The van der Waals surface area contributed by atoms with Crippen molar-refractivity contribution in [3.05, 3.63) is 70.9 Å². The van der Waals surface area contributed by atoms with E-state index in [0.29, 0.717) is 13.0 Å². The van der Waals surface area contributed by atoms with E-state index in [0.717, 1.165) is 44.5 Å². The number of nitrogens with one attached hydrogen (secondary N) is 1. The number of H-pyrrole nitrogens is 1. The highest BCUT2D eigenvalue weighted by atomic mass is 16.7. The fourth-order valence-electron chi connectivity index (χ4n) is 4.92. The van der Waals surface area contributed by atoms with Gasteiger partial charge in [-0.1, -0.05) is 42.5 Å². The number of hydroxylamine groups is 2. The second kappa shape index (κ2) is 8.25. The van der Waals surface area contributed by atoms with Crippen molar-refractivity contribution in [1.82, 2.24) is 14.9 Å². The number of aryl methyl sites for hydroxylation is 1. The first-order chi connectivity index (χ1) is 14.7. The van der Waals surface area contributed by atoms with Crippen molar-refractivity contribution in [2.45, 2.75) is 38.6 Å². The Hall–Kier alpha value is -2.63. The number of nitrogens with zero attached hydrogens (tertiary/aromatic N) is 2. The lowest BCUT2D eigenvalue weighted by Gasteiger charge is -2.37. The van der Waals surface area contributed by atoms with Gasteiger partial charge in [0.05, 0.1) is 12.6 Å². The van der Waals surface area contributed by atoms with E-state index >= 15 is 0 Å². The number of rotatable bonds is 4. The lowest BCUT2D eigenvalue weighted by atomic mass is 9.90. The highest BCUT2D eigenvalue weighted by molar-refractivity contribution is 5.86. The first-order valence-electron chi connectivity index (χ1n) is 11.0. The van der Waals surface area contributed by atoms with E-state index in [1.165, 1.54) is 27.8 Å². The summed E-state index contributed by atoms with van der Waals surface area (Å²) >= 11 is 0. The van der Waals surface area contributed by atoms with Gasteiger partial charge in [-0.15, -0.1) is 0 Å². The molecule has 5 nitrogen and oxygen atoms in total. The van der Waals surface area contributed by atoms with Gasteiger partial charge in [-0.2, -0.15) is 5.06 Å². The van der Waals surface area contributed by atoms with Crippen LogP contribution >= 0.6 is 0 Å². The number of hydrogen-bond donors (Lipinski definition) is 1. The first-order valence-corrected chi connectivity index (χ1v) is 11.0. The summed E-state index contributed by atoms with van der Waals surface area (Å²) in [6, 6.07) is 16.8. The smallest absolute Gasteiger partial charge is 0.224 e. The van der Waals surface area contributed by atoms with Crippen LogP contribution in [0, 0.1) is 6.92 Å². The first kappa shape index (κ1) is 19.3. The van der Waals surface area contributed by atoms with Crippen molar-refractivity contribution in [1.29, 1.82) is 0 Å². The molecule has 3 aromatic rings. The molecule has 2 aliphatic heterocycles. The molecule has 1 amide bonds. The van der Waals surface area contributed by atoms with Crippen LogP contribution in [0.25, 0.3) is 10.9 Å². The number of hydrogen-bond acceptors (Lipinski definition) is 3. The minimum Gasteiger partial charge on any atom is -0.356 e. The van der Waals surface area contributed by atoms with Gasteiger partial charge in [0.1, 0.15) is 0 Å². The second-order valence-electron chi connectivity index (χ2n) is 8.38. The predicted octanol–water partition coefficient (Wildman–Crippen LogP) is 4.37. The standard InChI is InChI=1S/C25H29N3O2/c1-18-8-2-3-9-19(18)25-24-21(20-10-4-5-11-22(20)26-24)12-16-28(25)23(29)13-15-27-14-6-7-17-30-27/h2-5,8-11,25-26H,6-7,12-17H2,1H3. The largest absolute Gasteiger partial charge is 0.356 e. The molecule has 0 spiro atoms. The molecule has 0 bridgehead atoms. The summed E-state index contributed by atoms with van der Waals surface area (Å²) in [6.07, 6.45) is 3.61. The van der Waals surface area contributed by atoms with Crippen LogP contribution in [0.2, 0.25) is 0 Å². The van der Waals surface area contributed by atoms with Gasteiger partial charge >= 0.3 is 0 Å². The Morgan fingerprint density at radius 1 is 1.10 bits per heavy atom. The average molecular weight is 404 g/mol. The lowest BCUT2D eigenvalue weighted by molar-refractivity contribution is -0.182. The molecule has 1 N–H and O–H groups in total. The number of aromatic nitrogens is 1. The van der Waals surface area contributed by atoms with Gasteiger partial charge in [0.2, 0.25) is 5.91 Å². The third-order valence-electron chi connectivity index (χ3n) is 6.49. The highest BCUT2D eigenvalue weighted by Crippen LogP contribution is 2.39. The van der Waals surface area contributed by atoms with Crippen LogP contribution in [0.3, 0.4) is 0 Å². The molecule has 0 aliphatic carbocycles. The van der Waals surface area contributed by atoms with Gasteiger partial charge in [-0.25, -0.2) is 0 Å². The topological polar surface area (TPSA) is 48.6 Å². The maximum Gasteiger partial charge on any atom is 0.224 e. The SMILES string of the molecule is Cc1ccccc1C1c2[nH]c3ccccc3c2CCN1C(=O)CCN1CCCCO1. The number of aromatic amines is 1. The Morgan fingerprint density at radius 2 is 1.93 bits per heavy atom. The number of para-hydroxylation sites is 1. The Bertz CT molecular complexity index is 1050. The molecule has 1 fully saturated rings. The molecule has 30 heavy (non-hydrogen) atoms. The Morgan fingerprint density at radius 3 is 2.77 bits per heavy atom. The van der Waals surface area contributed by atoms with Crippen molar-refractivity contribution in [2.75, 3.05) is 26.2 Å². The zero-order valence-electron chi connectivity index (χ0n) is 17.6.